The highest BCUT2D eigenvalue weighted by Crippen LogP contribution is 2.39. The first-order valence-electron chi connectivity index (χ1n) is 10.8. The Balaban J connectivity index is 1.55. The largest absolute Gasteiger partial charge is 0.382 e. The summed E-state index contributed by atoms with van der Waals surface area (Å²) in [7, 11) is 0. The van der Waals surface area contributed by atoms with Gasteiger partial charge in [0, 0.05) is 6.54 Å². The van der Waals surface area contributed by atoms with Gasteiger partial charge in [0.25, 0.3) is 0 Å². The number of rotatable bonds is 8. The molecule has 1 aliphatic rings. The zero-order chi connectivity index (χ0) is 22.7. The fraction of sp³-hybridized carbons (Fsp3) is 0.292. The van der Waals surface area contributed by atoms with Gasteiger partial charge in [0.2, 0.25) is 0 Å². The maximum absolute atomic E-state index is 6.62. The second-order valence-electron chi connectivity index (χ2n) is 7.97. The van der Waals surface area contributed by atoms with Gasteiger partial charge >= 0.3 is 0 Å². The van der Waals surface area contributed by atoms with Gasteiger partial charge in [-0.05, 0) is 11.1 Å². The van der Waals surface area contributed by atoms with Gasteiger partial charge in [-0.25, -0.2) is 15.0 Å². The number of ether oxygens (including phenoxy) is 3. The topological polar surface area (TPSA) is 123 Å². The predicted octanol–water partition coefficient (Wildman–Crippen LogP) is 2.22. The van der Waals surface area contributed by atoms with Gasteiger partial charge in [-0.1, -0.05) is 60.7 Å². The lowest BCUT2D eigenvalue weighted by Crippen LogP contribution is -2.51. The molecular formula is C24H26N6O3. The molecule has 4 aromatic rings. The molecule has 33 heavy (non-hydrogen) atoms. The molecule has 9 heteroatoms. The summed E-state index contributed by atoms with van der Waals surface area (Å²) in [5.74, 6) is 0.299. The minimum absolute atomic E-state index is 0.219. The Morgan fingerprint density at radius 2 is 1.67 bits per heavy atom. The minimum atomic E-state index is -1.05. The van der Waals surface area contributed by atoms with Crippen molar-refractivity contribution >= 4 is 17.0 Å². The number of fused-ring (bicyclic) bond motifs is 1. The first-order valence-corrected chi connectivity index (χ1v) is 10.8. The molecule has 1 aliphatic heterocycles. The summed E-state index contributed by atoms with van der Waals surface area (Å²) in [5.41, 5.74) is 14.2. The van der Waals surface area contributed by atoms with E-state index in [0.717, 1.165) is 11.1 Å². The van der Waals surface area contributed by atoms with Crippen molar-refractivity contribution in [3.05, 3.63) is 84.4 Å². The number of imidazole rings is 1. The molecule has 0 spiro atoms. The standard InChI is InChI=1S/C24H26N6O3/c25-11-19-21(31-12-17-7-3-1-4-8-17)24(14-32-19,33-13-18-9-5-2-6-10-18)30-16-29-20-22(26)27-15-28-23(20)30/h1-10,15-16,19,21H,11-14,25H2,(H2,26,27,28). The Morgan fingerprint density at radius 3 is 2.36 bits per heavy atom. The maximum Gasteiger partial charge on any atom is 0.200 e. The minimum Gasteiger partial charge on any atom is -0.382 e. The van der Waals surface area contributed by atoms with Gasteiger partial charge in [0.05, 0.1) is 26.1 Å². The molecule has 0 amide bonds. The van der Waals surface area contributed by atoms with E-state index in [4.69, 9.17) is 25.7 Å². The number of aromatic nitrogens is 4. The van der Waals surface area contributed by atoms with Crippen LogP contribution < -0.4 is 11.5 Å². The molecule has 3 heterocycles. The number of benzene rings is 2. The van der Waals surface area contributed by atoms with Crippen molar-refractivity contribution in [1.29, 1.82) is 0 Å². The highest BCUT2D eigenvalue weighted by atomic mass is 16.6. The number of nitrogens with zero attached hydrogens (tertiary/aromatic N) is 4. The molecule has 4 N–H and O–H groups in total. The Hall–Kier alpha value is -3.37. The summed E-state index contributed by atoms with van der Waals surface area (Å²) in [6.07, 6.45) is 2.18. The van der Waals surface area contributed by atoms with Crippen LogP contribution in [0.4, 0.5) is 5.82 Å². The Kier molecular flexibility index (Phi) is 6.01. The van der Waals surface area contributed by atoms with Gasteiger partial charge in [0.15, 0.2) is 17.2 Å². The van der Waals surface area contributed by atoms with Crippen molar-refractivity contribution in [2.45, 2.75) is 31.1 Å². The molecule has 3 atom stereocenters. The average molecular weight is 447 g/mol. The third kappa shape index (κ3) is 4.07. The number of anilines is 1. The number of nitrogens with two attached hydrogens (primary N) is 2. The van der Waals surface area contributed by atoms with Gasteiger partial charge in [-0.15, -0.1) is 0 Å². The number of hydrogen-bond donors (Lipinski definition) is 2. The quantitative estimate of drug-likeness (QED) is 0.422. The predicted molar refractivity (Wildman–Crippen MR) is 123 cm³/mol. The first-order chi connectivity index (χ1) is 16.2. The van der Waals surface area contributed by atoms with Crippen LogP contribution in [0.1, 0.15) is 11.1 Å². The third-order valence-electron chi connectivity index (χ3n) is 5.89. The molecule has 2 aromatic heterocycles. The number of nitrogen functional groups attached to an aromatic ring is 1. The Bertz CT molecular complexity index is 1200. The highest BCUT2D eigenvalue weighted by molar-refractivity contribution is 5.81. The van der Waals surface area contributed by atoms with E-state index in [-0.39, 0.29) is 19.3 Å². The molecular weight excluding hydrogens is 420 g/mol. The van der Waals surface area contributed by atoms with E-state index in [1.165, 1.54) is 6.33 Å². The molecule has 9 nitrogen and oxygen atoms in total. The molecule has 2 aromatic carbocycles. The third-order valence-corrected chi connectivity index (χ3v) is 5.89. The van der Waals surface area contributed by atoms with Gasteiger partial charge < -0.3 is 25.7 Å². The number of hydrogen-bond acceptors (Lipinski definition) is 8. The zero-order valence-corrected chi connectivity index (χ0v) is 18.1. The van der Waals surface area contributed by atoms with Crippen LogP contribution in [-0.2, 0) is 33.1 Å². The van der Waals surface area contributed by atoms with Crippen molar-refractivity contribution in [3.8, 4) is 0 Å². The van der Waals surface area contributed by atoms with Crippen LogP contribution in [0.2, 0.25) is 0 Å². The van der Waals surface area contributed by atoms with Crippen LogP contribution in [0.5, 0.6) is 0 Å². The van der Waals surface area contributed by atoms with Crippen molar-refractivity contribution < 1.29 is 14.2 Å². The fourth-order valence-electron chi connectivity index (χ4n) is 4.19. The molecule has 0 bridgehead atoms. The summed E-state index contributed by atoms with van der Waals surface area (Å²) in [6.45, 7) is 1.22. The van der Waals surface area contributed by atoms with E-state index < -0.39 is 11.8 Å². The highest BCUT2D eigenvalue weighted by Gasteiger charge is 2.54. The van der Waals surface area contributed by atoms with Crippen LogP contribution in [0.25, 0.3) is 11.2 Å². The molecule has 0 aliphatic carbocycles. The van der Waals surface area contributed by atoms with Crippen molar-refractivity contribution in [1.82, 2.24) is 19.5 Å². The summed E-state index contributed by atoms with van der Waals surface area (Å²) < 4.78 is 21.0. The van der Waals surface area contributed by atoms with E-state index >= 15 is 0 Å². The zero-order valence-electron chi connectivity index (χ0n) is 18.1. The van der Waals surface area contributed by atoms with Gasteiger partial charge in [0.1, 0.15) is 24.1 Å². The monoisotopic (exact) mass is 446 g/mol. The van der Waals surface area contributed by atoms with Crippen LogP contribution >= 0.6 is 0 Å². The van der Waals surface area contributed by atoms with E-state index in [2.05, 4.69) is 15.0 Å². The lowest BCUT2D eigenvalue weighted by Gasteiger charge is -2.36. The molecule has 0 radical (unpaired) electrons. The summed E-state index contributed by atoms with van der Waals surface area (Å²) >= 11 is 0. The van der Waals surface area contributed by atoms with Gasteiger partial charge in [-0.2, -0.15) is 0 Å². The van der Waals surface area contributed by atoms with Crippen LogP contribution in [-0.4, -0.2) is 44.9 Å². The lowest BCUT2D eigenvalue weighted by atomic mass is 10.0. The van der Waals surface area contributed by atoms with Crippen LogP contribution in [0.15, 0.2) is 73.3 Å². The maximum atomic E-state index is 6.62. The van der Waals surface area contributed by atoms with Crippen molar-refractivity contribution in [2.24, 2.45) is 5.73 Å². The van der Waals surface area contributed by atoms with Gasteiger partial charge in [-0.3, -0.25) is 4.57 Å². The first kappa shape index (κ1) is 21.5. The molecule has 1 fully saturated rings. The van der Waals surface area contributed by atoms with E-state index in [9.17, 15) is 0 Å². The van der Waals surface area contributed by atoms with E-state index in [1.54, 1.807) is 6.33 Å². The average Bonchev–Trinajstić information content (AvgIpc) is 3.45. The summed E-state index contributed by atoms with van der Waals surface area (Å²) in [6, 6.07) is 19.9. The Morgan fingerprint density at radius 1 is 0.970 bits per heavy atom. The molecule has 1 saturated heterocycles. The van der Waals surface area contributed by atoms with Crippen LogP contribution in [0.3, 0.4) is 0 Å². The van der Waals surface area contributed by atoms with Crippen molar-refractivity contribution in [2.75, 3.05) is 18.9 Å². The van der Waals surface area contributed by atoms with E-state index in [0.29, 0.717) is 30.2 Å². The lowest BCUT2D eigenvalue weighted by molar-refractivity contribution is -0.185. The fourth-order valence-corrected chi connectivity index (χ4v) is 4.19. The second-order valence-corrected chi connectivity index (χ2v) is 7.97. The van der Waals surface area contributed by atoms with Crippen molar-refractivity contribution in [3.63, 3.8) is 0 Å². The Labute approximate surface area is 191 Å². The van der Waals surface area contributed by atoms with Crippen LogP contribution in [0, 0.1) is 0 Å². The SMILES string of the molecule is NCC1OCC(OCc2ccccc2)(n2cnc3c(N)ncnc32)C1OCc1ccccc1. The normalized spacial score (nSPS) is 22.7. The second kappa shape index (κ2) is 9.24. The molecule has 5 rings (SSSR count). The smallest absolute Gasteiger partial charge is 0.200 e. The molecule has 170 valence electrons. The molecule has 3 unspecified atom stereocenters. The summed E-state index contributed by atoms with van der Waals surface area (Å²) in [4.78, 5) is 13.0. The molecule has 0 saturated carbocycles. The summed E-state index contributed by atoms with van der Waals surface area (Å²) in [5, 5.41) is 0. The van der Waals surface area contributed by atoms with E-state index in [1.807, 2.05) is 65.2 Å².